The highest BCUT2D eigenvalue weighted by Crippen LogP contribution is 2.24. The van der Waals surface area contributed by atoms with Gasteiger partial charge in [0.1, 0.15) is 0 Å². The van der Waals surface area contributed by atoms with E-state index in [-0.39, 0.29) is 0 Å². The van der Waals surface area contributed by atoms with Crippen molar-refractivity contribution in [1.29, 1.82) is 0 Å². The van der Waals surface area contributed by atoms with Crippen LogP contribution in [0.3, 0.4) is 0 Å². The van der Waals surface area contributed by atoms with Gasteiger partial charge in [0.2, 0.25) is 5.91 Å². The topological polar surface area (TPSA) is 35.6 Å². The number of nitrogens with one attached hydrogen (secondary N) is 1. The lowest BCUT2D eigenvalue weighted by atomic mass is 9.85. The summed E-state index contributed by atoms with van der Waals surface area (Å²) >= 11 is 0. The summed E-state index contributed by atoms with van der Waals surface area (Å²) in [6, 6.07) is 0.353. The summed E-state index contributed by atoms with van der Waals surface area (Å²) < 4.78 is 0. The van der Waals surface area contributed by atoms with E-state index in [2.05, 4.69) is 36.0 Å². The number of piperidine rings is 1. The molecule has 0 spiro atoms. The summed E-state index contributed by atoms with van der Waals surface area (Å²) in [6.07, 6.45) is 4.36. The molecule has 0 aromatic carbocycles. The zero-order chi connectivity index (χ0) is 14.5. The van der Waals surface area contributed by atoms with Crippen LogP contribution in [0.2, 0.25) is 0 Å². The lowest BCUT2D eigenvalue weighted by Gasteiger charge is -2.32. The molecule has 2 aliphatic heterocycles. The summed E-state index contributed by atoms with van der Waals surface area (Å²) in [7, 11) is 2.15. The van der Waals surface area contributed by atoms with Crippen molar-refractivity contribution < 1.29 is 4.79 Å². The minimum Gasteiger partial charge on any atom is -0.339 e. The van der Waals surface area contributed by atoms with Crippen LogP contribution in [0.1, 0.15) is 39.5 Å². The summed E-state index contributed by atoms with van der Waals surface area (Å²) in [5.41, 5.74) is 0. The van der Waals surface area contributed by atoms with Gasteiger partial charge in [0.05, 0.1) is 0 Å². The van der Waals surface area contributed by atoms with Gasteiger partial charge in [-0.05, 0) is 64.7 Å². The molecule has 4 heteroatoms. The van der Waals surface area contributed by atoms with E-state index in [0.717, 1.165) is 45.6 Å². The van der Waals surface area contributed by atoms with E-state index >= 15 is 0 Å². The minimum atomic E-state index is 0.353. The van der Waals surface area contributed by atoms with Crippen molar-refractivity contribution >= 4 is 5.91 Å². The summed E-state index contributed by atoms with van der Waals surface area (Å²) in [4.78, 5) is 17.1. The standard InChI is InChI=1S/C16H31N3O/c1-13(15-6-4-7-17-11-15)10-16(20)19-9-5-8-18(3)12-14(19)2/h13-15,17H,4-12H2,1-3H3. The highest BCUT2D eigenvalue weighted by molar-refractivity contribution is 5.76. The van der Waals surface area contributed by atoms with Gasteiger partial charge < -0.3 is 15.1 Å². The Balaban J connectivity index is 1.86. The van der Waals surface area contributed by atoms with Crippen molar-refractivity contribution in [2.75, 3.05) is 39.8 Å². The first-order valence-corrected chi connectivity index (χ1v) is 8.26. The molecule has 0 saturated carbocycles. The molecule has 0 aromatic rings. The van der Waals surface area contributed by atoms with Crippen LogP contribution in [0.5, 0.6) is 0 Å². The van der Waals surface area contributed by atoms with Crippen molar-refractivity contribution in [3.05, 3.63) is 0 Å². The maximum Gasteiger partial charge on any atom is 0.223 e. The minimum absolute atomic E-state index is 0.353. The van der Waals surface area contributed by atoms with Gasteiger partial charge in [-0.2, -0.15) is 0 Å². The largest absolute Gasteiger partial charge is 0.339 e. The predicted octanol–water partition coefficient (Wildman–Crippen LogP) is 1.56. The Morgan fingerprint density at radius 2 is 2.15 bits per heavy atom. The lowest BCUT2D eigenvalue weighted by molar-refractivity contribution is -0.134. The third-order valence-electron chi connectivity index (χ3n) is 5.00. The molecule has 2 heterocycles. The molecular weight excluding hydrogens is 250 g/mol. The second-order valence-corrected chi connectivity index (χ2v) is 6.84. The summed E-state index contributed by atoms with van der Waals surface area (Å²) in [5.74, 6) is 1.55. The van der Waals surface area contributed by atoms with Crippen LogP contribution in [0.4, 0.5) is 0 Å². The highest BCUT2D eigenvalue weighted by atomic mass is 16.2. The SMILES string of the molecule is CC(CC(=O)N1CCCN(C)CC1C)C1CCCNC1. The van der Waals surface area contributed by atoms with E-state index in [1.54, 1.807) is 0 Å². The number of carbonyl (C=O) groups excluding carboxylic acids is 1. The Morgan fingerprint density at radius 3 is 2.85 bits per heavy atom. The molecule has 0 radical (unpaired) electrons. The number of amides is 1. The fourth-order valence-corrected chi connectivity index (χ4v) is 3.67. The smallest absolute Gasteiger partial charge is 0.223 e. The fraction of sp³-hybridized carbons (Fsp3) is 0.938. The predicted molar refractivity (Wildman–Crippen MR) is 82.7 cm³/mol. The van der Waals surface area contributed by atoms with Crippen LogP contribution < -0.4 is 5.32 Å². The molecule has 1 N–H and O–H groups in total. The van der Waals surface area contributed by atoms with E-state index in [1.165, 1.54) is 12.8 Å². The van der Waals surface area contributed by atoms with Crippen LogP contribution in [0.25, 0.3) is 0 Å². The zero-order valence-corrected chi connectivity index (χ0v) is 13.4. The van der Waals surface area contributed by atoms with Crippen molar-refractivity contribution in [3.63, 3.8) is 0 Å². The van der Waals surface area contributed by atoms with Crippen LogP contribution in [0.15, 0.2) is 0 Å². The molecule has 0 bridgehead atoms. The van der Waals surface area contributed by atoms with Gasteiger partial charge >= 0.3 is 0 Å². The number of nitrogens with zero attached hydrogens (tertiary/aromatic N) is 2. The fourth-order valence-electron chi connectivity index (χ4n) is 3.67. The molecular formula is C16H31N3O. The average molecular weight is 281 g/mol. The number of hydrogen-bond acceptors (Lipinski definition) is 3. The highest BCUT2D eigenvalue weighted by Gasteiger charge is 2.27. The maximum atomic E-state index is 12.6. The van der Waals surface area contributed by atoms with E-state index in [0.29, 0.717) is 23.8 Å². The van der Waals surface area contributed by atoms with E-state index in [9.17, 15) is 4.79 Å². The number of likely N-dealkylation sites (N-methyl/N-ethyl adjacent to an activating group) is 1. The third kappa shape index (κ3) is 4.19. The van der Waals surface area contributed by atoms with Gasteiger partial charge in [-0.15, -0.1) is 0 Å². The number of hydrogen-bond donors (Lipinski definition) is 1. The Kier molecular flexibility index (Phi) is 5.85. The Bertz CT molecular complexity index is 315. The molecule has 2 aliphatic rings. The normalized spacial score (nSPS) is 30.9. The van der Waals surface area contributed by atoms with Gasteiger partial charge in [0, 0.05) is 25.6 Å². The van der Waals surface area contributed by atoms with Crippen LogP contribution in [0, 0.1) is 11.8 Å². The zero-order valence-electron chi connectivity index (χ0n) is 13.4. The second-order valence-electron chi connectivity index (χ2n) is 6.84. The van der Waals surface area contributed by atoms with Crippen LogP contribution >= 0.6 is 0 Å². The molecule has 3 unspecified atom stereocenters. The molecule has 0 aliphatic carbocycles. The average Bonchev–Trinajstić information content (AvgIpc) is 2.60. The van der Waals surface area contributed by atoms with Crippen LogP contribution in [-0.4, -0.2) is 61.5 Å². The first-order chi connectivity index (χ1) is 9.58. The Morgan fingerprint density at radius 1 is 1.35 bits per heavy atom. The molecule has 2 saturated heterocycles. The molecule has 20 heavy (non-hydrogen) atoms. The number of rotatable bonds is 3. The Labute approximate surface area is 123 Å². The molecule has 1 amide bonds. The first-order valence-electron chi connectivity index (χ1n) is 8.26. The summed E-state index contributed by atoms with van der Waals surface area (Å²) in [6.45, 7) is 9.72. The van der Waals surface area contributed by atoms with E-state index in [1.807, 2.05) is 0 Å². The van der Waals surface area contributed by atoms with E-state index < -0.39 is 0 Å². The lowest BCUT2D eigenvalue weighted by Crippen LogP contribution is -2.43. The summed E-state index contributed by atoms with van der Waals surface area (Å²) in [5, 5.41) is 3.46. The Hall–Kier alpha value is -0.610. The molecule has 0 aromatic heterocycles. The number of carbonyl (C=O) groups is 1. The van der Waals surface area contributed by atoms with Crippen molar-refractivity contribution in [2.24, 2.45) is 11.8 Å². The molecule has 4 nitrogen and oxygen atoms in total. The van der Waals surface area contributed by atoms with Gasteiger partial charge in [-0.3, -0.25) is 4.79 Å². The molecule has 2 rings (SSSR count). The van der Waals surface area contributed by atoms with Gasteiger partial charge in [-0.25, -0.2) is 0 Å². The quantitative estimate of drug-likeness (QED) is 0.853. The van der Waals surface area contributed by atoms with E-state index in [4.69, 9.17) is 0 Å². The van der Waals surface area contributed by atoms with Crippen molar-refractivity contribution in [2.45, 2.75) is 45.6 Å². The monoisotopic (exact) mass is 281 g/mol. The van der Waals surface area contributed by atoms with Gasteiger partial charge in [0.25, 0.3) is 0 Å². The third-order valence-corrected chi connectivity index (χ3v) is 5.00. The maximum absolute atomic E-state index is 12.6. The van der Waals surface area contributed by atoms with Crippen LogP contribution in [-0.2, 0) is 4.79 Å². The van der Waals surface area contributed by atoms with Gasteiger partial charge in [0.15, 0.2) is 0 Å². The molecule has 3 atom stereocenters. The first kappa shape index (κ1) is 15.8. The van der Waals surface area contributed by atoms with Crippen molar-refractivity contribution in [3.8, 4) is 0 Å². The second kappa shape index (κ2) is 7.41. The molecule has 2 fully saturated rings. The molecule has 116 valence electrons. The van der Waals surface area contributed by atoms with Gasteiger partial charge in [-0.1, -0.05) is 6.92 Å². The van der Waals surface area contributed by atoms with Crippen molar-refractivity contribution in [1.82, 2.24) is 15.1 Å².